The summed E-state index contributed by atoms with van der Waals surface area (Å²) >= 11 is 6.17. The minimum Gasteiger partial charge on any atom is -0.343 e. The van der Waals surface area contributed by atoms with Crippen LogP contribution in [0.15, 0.2) is 42.7 Å². The zero-order chi connectivity index (χ0) is 22.9. The molecule has 1 spiro atoms. The molecule has 8 heteroatoms. The van der Waals surface area contributed by atoms with Crippen molar-refractivity contribution in [3.63, 3.8) is 0 Å². The van der Waals surface area contributed by atoms with Crippen LogP contribution in [-0.4, -0.2) is 35.9 Å². The normalized spacial score (nSPS) is 18.6. The predicted molar refractivity (Wildman–Crippen MR) is 118 cm³/mol. The van der Waals surface area contributed by atoms with Gasteiger partial charge in [0.05, 0.1) is 32.3 Å². The smallest absolute Gasteiger partial charge is 0.238 e. The number of anilines is 1. The Kier molecular flexibility index (Phi) is 3.94. The van der Waals surface area contributed by atoms with Gasteiger partial charge in [0.1, 0.15) is 9.84 Å². The molecule has 30 heavy (non-hydrogen) atoms. The summed E-state index contributed by atoms with van der Waals surface area (Å²) in [4.78, 5) is 18.8. The minimum absolute atomic E-state index is 0.0127. The van der Waals surface area contributed by atoms with Crippen molar-refractivity contribution in [1.29, 1.82) is 0 Å². The van der Waals surface area contributed by atoms with E-state index in [4.69, 9.17) is 14.3 Å². The Morgan fingerprint density at radius 1 is 1.27 bits per heavy atom. The number of nitrogens with zero attached hydrogens (tertiary/aromatic N) is 3. The van der Waals surface area contributed by atoms with Crippen molar-refractivity contribution < 1.29 is 16.0 Å². The maximum Gasteiger partial charge on any atom is 0.238 e. The molecule has 0 bridgehead atoms. The third-order valence-corrected chi connectivity index (χ3v) is 7.17. The van der Waals surface area contributed by atoms with E-state index < -0.39 is 21.7 Å². The molecule has 2 aromatic heterocycles. The first-order valence-electron chi connectivity index (χ1n) is 10.8. The summed E-state index contributed by atoms with van der Waals surface area (Å²) < 4.78 is 43.3. The molecule has 6 nitrogen and oxygen atoms in total. The molecule has 1 aliphatic heterocycles. The van der Waals surface area contributed by atoms with Crippen LogP contribution in [0.5, 0.6) is 0 Å². The number of carbonyl (C=O) groups excluding carboxylic acids is 1. The summed E-state index contributed by atoms with van der Waals surface area (Å²) in [7, 11) is -3.16. The fourth-order valence-corrected chi connectivity index (χ4v) is 5.14. The lowest BCUT2D eigenvalue weighted by molar-refractivity contribution is -0.120. The van der Waals surface area contributed by atoms with Crippen molar-refractivity contribution in [3.8, 4) is 0 Å². The third kappa shape index (κ3) is 3.20. The lowest BCUT2D eigenvalue weighted by atomic mass is 9.99. The predicted octanol–water partition coefficient (Wildman–Crippen LogP) is 3.70. The van der Waals surface area contributed by atoms with Crippen LogP contribution in [0, 0.1) is 0 Å². The van der Waals surface area contributed by atoms with Crippen molar-refractivity contribution in [2.75, 3.05) is 16.9 Å². The number of aromatic nitrogens is 2. The largest absolute Gasteiger partial charge is 0.343 e. The first-order chi connectivity index (χ1) is 15.0. The fourth-order valence-electron chi connectivity index (χ4n) is 4.30. The number of pyridine rings is 1. The zero-order valence-electron chi connectivity index (χ0n) is 18.4. The Hall–Kier alpha value is -2.38. The molecule has 0 unspecified atom stereocenters. The van der Waals surface area contributed by atoms with Gasteiger partial charge < -0.3 is 9.47 Å². The van der Waals surface area contributed by atoms with Crippen LogP contribution in [-0.2, 0) is 33.1 Å². The summed E-state index contributed by atoms with van der Waals surface area (Å²) in [6, 6.07) is 8.75. The molecule has 3 heterocycles. The van der Waals surface area contributed by atoms with E-state index in [1.54, 1.807) is 47.3 Å². The Morgan fingerprint density at radius 3 is 2.80 bits per heavy atom. The first kappa shape index (κ1) is 17.3. The van der Waals surface area contributed by atoms with Crippen LogP contribution in [0.25, 0.3) is 10.9 Å². The number of benzene rings is 1. The maximum atomic E-state index is 13.4. The van der Waals surface area contributed by atoms with Crippen LogP contribution in [0.4, 0.5) is 5.69 Å². The Labute approximate surface area is 183 Å². The zero-order valence-corrected chi connectivity index (χ0v) is 18.0. The van der Waals surface area contributed by atoms with E-state index in [0.29, 0.717) is 36.5 Å². The van der Waals surface area contributed by atoms with E-state index in [9.17, 15) is 13.2 Å². The van der Waals surface area contributed by atoms with Gasteiger partial charge in [-0.05, 0) is 55.2 Å². The van der Waals surface area contributed by atoms with Crippen LogP contribution in [0.3, 0.4) is 0 Å². The van der Waals surface area contributed by atoms with Gasteiger partial charge in [0, 0.05) is 40.6 Å². The second-order valence-corrected chi connectivity index (χ2v) is 10.8. The van der Waals surface area contributed by atoms with Gasteiger partial charge in [0.2, 0.25) is 5.91 Å². The molecular weight excluding hydrogens is 422 g/mol. The van der Waals surface area contributed by atoms with Crippen LogP contribution < -0.4 is 4.90 Å². The molecule has 0 atom stereocenters. The number of aryl methyl sites for hydroxylation is 1. The van der Waals surface area contributed by atoms with Gasteiger partial charge in [0.15, 0.2) is 0 Å². The van der Waals surface area contributed by atoms with Gasteiger partial charge in [-0.1, -0.05) is 11.6 Å². The highest BCUT2D eigenvalue weighted by Gasteiger charge is 2.59. The summed E-state index contributed by atoms with van der Waals surface area (Å²) in [5, 5.41) is 1.25. The van der Waals surface area contributed by atoms with E-state index >= 15 is 0 Å². The second kappa shape index (κ2) is 6.82. The van der Waals surface area contributed by atoms with Crippen molar-refractivity contribution in [2.24, 2.45) is 0 Å². The monoisotopic (exact) mass is 445 g/mol. The number of carbonyl (C=O) groups is 1. The molecule has 2 aliphatic rings. The number of hydrogen-bond donors (Lipinski definition) is 0. The molecule has 156 valence electrons. The average Bonchev–Trinajstić information content (AvgIpc) is 3.38. The van der Waals surface area contributed by atoms with Gasteiger partial charge >= 0.3 is 0 Å². The summed E-state index contributed by atoms with van der Waals surface area (Å²) in [6.07, 6.45) is 6.08. The summed E-state index contributed by atoms with van der Waals surface area (Å²) in [5.41, 5.74) is 1.68. The van der Waals surface area contributed by atoms with Crippen molar-refractivity contribution in [2.45, 2.75) is 37.7 Å². The maximum absolute atomic E-state index is 13.4. The molecule has 0 radical (unpaired) electrons. The first-order valence-corrected chi connectivity index (χ1v) is 12.2. The van der Waals surface area contributed by atoms with E-state index in [1.807, 2.05) is 0 Å². The number of halogens is 1. The minimum atomic E-state index is -3.16. The van der Waals surface area contributed by atoms with Gasteiger partial charge in [-0.2, -0.15) is 0 Å². The van der Waals surface area contributed by atoms with Gasteiger partial charge in [0.25, 0.3) is 0 Å². The molecule has 0 N–H and O–H groups in total. The molecule has 5 rings (SSSR count). The third-order valence-electron chi connectivity index (χ3n) is 5.91. The Balaban J connectivity index is 1.63. The van der Waals surface area contributed by atoms with Gasteiger partial charge in [-0.3, -0.25) is 9.78 Å². The van der Waals surface area contributed by atoms with E-state index in [1.165, 1.54) is 11.2 Å². The van der Waals surface area contributed by atoms with Crippen molar-refractivity contribution in [3.05, 3.63) is 59.0 Å². The molecule has 1 fully saturated rings. The standard InChI is InChI=1S/C22H22ClN3O3S/c1-30(28,29)10-2-9-25-17(12-15-11-16(23)3-4-19(15)25)14-26-20-13-24-8-5-18(20)22(6-7-22)21(26)27/h3-5,8,11-13H,2,6-7,9-10,14H2,1H3/i14D2. The number of fused-ring (bicyclic) bond motifs is 3. The lowest BCUT2D eigenvalue weighted by Gasteiger charge is -2.19. The molecule has 1 aliphatic carbocycles. The van der Waals surface area contributed by atoms with E-state index in [-0.39, 0.29) is 17.4 Å². The van der Waals surface area contributed by atoms with Gasteiger partial charge in [-0.15, -0.1) is 0 Å². The van der Waals surface area contributed by atoms with Crippen LogP contribution in [0.1, 0.15) is 33.3 Å². The number of sulfone groups is 1. The highest BCUT2D eigenvalue weighted by molar-refractivity contribution is 7.90. The number of hydrogen-bond acceptors (Lipinski definition) is 4. The second-order valence-electron chi connectivity index (χ2n) is 8.10. The molecule has 0 saturated heterocycles. The molecule has 1 saturated carbocycles. The average molecular weight is 446 g/mol. The molecule has 1 aromatic carbocycles. The van der Waals surface area contributed by atoms with E-state index in [2.05, 4.69) is 4.98 Å². The molecular formula is C22H22ClN3O3S. The number of rotatable bonds is 6. The SMILES string of the molecule is [2H]C([2H])(c1cc2cc(Cl)ccc2n1CCCS(C)(=O)=O)N1C(=O)C2(CC2)c2ccncc21. The van der Waals surface area contributed by atoms with Crippen molar-refractivity contribution in [1.82, 2.24) is 9.55 Å². The van der Waals surface area contributed by atoms with Crippen LogP contribution in [0.2, 0.25) is 5.02 Å². The van der Waals surface area contributed by atoms with E-state index in [0.717, 1.165) is 16.5 Å². The highest BCUT2D eigenvalue weighted by Crippen LogP contribution is 2.57. The molecule has 3 aromatic rings. The Bertz CT molecular complexity index is 1370. The number of amides is 1. The van der Waals surface area contributed by atoms with Crippen LogP contribution >= 0.6 is 11.6 Å². The topological polar surface area (TPSA) is 72.3 Å². The lowest BCUT2D eigenvalue weighted by Crippen LogP contribution is -2.32. The summed E-state index contributed by atoms with van der Waals surface area (Å²) in [6.45, 7) is -1.88. The van der Waals surface area contributed by atoms with Crippen molar-refractivity contribution >= 4 is 43.9 Å². The Morgan fingerprint density at radius 2 is 2.07 bits per heavy atom. The fraction of sp³-hybridized carbons (Fsp3) is 0.364. The highest BCUT2D eigenvalue weighted by atomic mass is 35.5. The summed E-state index contributed by atoms with van der Waals surface area (Å²) in [5.74, 6) is -0.266. The van der Waals surface area contributed by atoms with Gasteiger partial charge in [-0.25, -0.2) is 8.42 Å². The molecule has 1 amide bonds. The quantitative estimate of drug-likeness (QED) is 0.580.